The molecule has 1 fully saturated rings. The highest BCUT2D eigenvalue weighted by Crippen LogP contribution is 2.12. The van der Waals surface area contributed by atoms with Crippen molar-refractivity contribution in [2.45, 2.75) is 6.54 Å². The van der Waals surface area contributed by atoms with Gasteiger partial charge in [0, 0.05) is 44.5 Å². The van der Waals surface area contributed by atoms with E-state index in [2.05, 4.69) is 15.3 Å². The minimum Gasteiger partial charge on any atom is -0.342 e. The molecule has 1 N–H and O–H groups in total. The lowest BCUT2D eigenvalue weighted by atomic mass is 10.2. The van der Waals surface area contributed by atoms with E-state index in [4.69, 9.17) is 0 Å². The molecule has 8 heteroatoms. The molecular formula is C21H22FN5O2. The van der Waals surface area contributed by atoms with E-state index >= 15 is 0 Å². The van der Waals surface area contributed by atoms with E-state index in [1.807, 2.05) is 24.3 Å². The van der Waals surface area contributed by atoms with E-state index < -0.39 is 0 Å². The maximum atomic E-state index is 13.8. The van der Waals surface area contributed by atoms with Gasteiger partial charge >= 0.3 is 0 Å². The second-order valence-corrected chi connectivity index (χ2v) is 7.03. The van der Waals surface area contributed by atoms with Crippen molar-refractivity contribution in [3.8, 4) is 0 Å². The predicted molar refractivity (Wildman–Crippen MR) is 106 cm³/mol. The Morgan fingerprint density at radius 1 is 1.03 bits per heavy atom. The van der Waals surface area contributed by atoms with Crippen molar-refractivity contribution in [1.82, 2.24) is 24.7 Å². The third kappa shape index (κ3) is 4.43. The van der Waals surface area contributed by atoms with Gasteiger partial charge in [-0.1, -0.05) is 24.3 Å². The largest absolute Gasteiger partial charge is 0.342 e. The lowest BCUT2D eigenvalue weighted by Crippen LogP contribution is -2.50. The highest BCUT2D eigenvalue weighted by Gasteiger charge is 2.22. The van der Waals surface area contributed by atoms with Crippen LogP contribution in [0.25, 0.3) is 5.52 Å². The van der Waals surface area contributed by atoms with E-state index in [-0.39, 0.29) is 29.9 Å². The van der Waals surface area contributed by atoms with Gasteiger partial charge in [-0.2, -0.15) is 5.10 Å². The number of benzene rings is 1. The average Bonchev–Trinajstić information content (AvgIpc) is 3.18. The molecule has 29 heavy (non-hydrogen) atoms. The molecule has 0 saturated carbocycles. The molecule has 0 aliphatic carbocycles. The molecule has 1 aromatic carbocycles. The molecule has 3 heterocycles. The third-order valence-electron chi connectivity index (χ3n) is 5.08. The van der Waals surface area contributed by atoms with Gasteiger partial charge in [0.2, 0.25) is 5.91 Å². The van der Waals surface area contributed by atoms with Gasteiger partial charge in [-0.25, -0.2) is 8.91 Å². The van der Waals surface area contributed by atoms with Crippen LogP contribution < -0.4 is 5.32 Å². The molecule has 150 valence electrons. The number of aromatic nitrogens is 2. The minimum atomic E-state index is -0.375. The lowest BCUT2D eigenvalue weighted by molar-refractivity contribution is -0.131. The van der Waals surface area contributed by atoms with Gasteiger partial charge in [0.05, 0.1) is 12.1 Å². The van der Waals surface area contributed by atoms with Gasteiger partial charge in [-0.15, -0.1) is 0 Å². The van der Waals surface area contributed by atoms with Gasteiger partial charge in [-0.3, -0.25) is 14.5 Å². The summed E-state index contributed by atoms with van der Waals surface area (Å²) in [5, 5.41) is 6.85. The Morgan fingerprint density at radius 3 is 2.55 bits per heavy atom. The summed E-state index contributed by atoms with van der Waals surface area (Å²) in [7, 11) is 0. The number of rotatable bonds is 5. The van der Waals surface area contributed by atoms with E-state index in [1.165, 1.54) is 6.07 Å². The highest BCUT2D eigenvalue weighted by molar-refractivity contribution is 5.95. The third-order valence-corrected chi connectivity index (χ3v) is 5.08. The minimum absolute atomic E-state index is 0.0694. The molecule has 0 spiro atoms. The monoisotopic (exact) mass is 395 g/mol. The summed E-state index contributed by atoms with van der Waals surface area (Å²) in [6, 6.07) is 14.0. The fourth-order valence-corrected chi connectivity index (χ4v) is 3.43. The van der Waals surface area contributed by atoms with E-state index in [0.29, 0.717) is 38.3 Å². The van der Waals surface area contributed by atoms with Crippen LogP contribution in [0.4, 0.5) is 4.39 Å². The first-order valence-electron chi connectivity index (χ1n) is 9.56. The standard InChI is InChI=1S/C21H22FN5O2/c22-18-7-2-1-5-16(18)15-25-9-11-26(12-10-25)20(28)14-23-21(29)19-13-17-6-3-4-8-27(17)24-19/h1-8,13H,9-12,14-15H2,(H,23,29). The Balaban J connectivity index is 1.25. The number of carbonyl (C=O) groups excluding carboxylic acids is 2. The van der Waals surface area contributed by atoms with Gasteiger partial charge in [0.25, 0.3) is 5.91 Å². The van der Waals surface area contributed by atoms with Crippen molar-refractivity contribution < 1.29 is 14.0 Å². The SMILES string of the molecule is O=C(NCC(=O)N1CCN(Cc2ccccc2F)CC1)c1cc2ccccn2n1. The Kier molecular flexibility index (Phi) is 5.53. The average molecular weight is 395 g/mol. The van der Waals surface area contributed by atoms with Crippen LogP contribution in [0.5, 0.6) is 0 Å². The number of pyridine rings is 1. The summed E-state index contributed by atoms with van der Waals surface area (Å²) < 4.78 is 15.4. The van der Waals surface area contributed by atoms with Gasteiger partial charge < -0.3 is 10.2 Å². The molecule has 0 radical (unpaired) electrons. The van der Waals surface area contributed by atoms with Crippen LogP contribution in [0.3, 0.4) is 0 Å². The second-order valence-electron chi connectivity index (χ2n) is 7.03. The van der Waals surface area contributed by atoms with Crippen LogP contribution in [0.2, 0.25) is 0 Å². The van der Waals surface area contributed by atoms with E-state index in [1.54, 1.807) is 33.8 Å². The fourth-order valence-electron chi connectivity index (χ4n) is 3.43. The summed E-state index contributed by atoms with van der Waals surface area (Å²) >= 11 is 0. The van der Waals surface area contributed by atoms with Crippen LogP contribution in [0.1, 0.15) is 16.1 Å². The highest BCUT2D eigenvalue weighted by atomic mass is 19.1. The maximum Gasteiger partial charge on any atom is 0.272 e. The van der Waals surface area contributed by atoms with E-state index in [0.717, 1.165) is 5.52 Å². The van der Waals surface area contributed by atoms with Crippen molar-refractivity contribution in [3.05, 3.63) is 71.8 Å². The first-order valence-corrected chi connectivity index (χ1v) is 9.56. The molecule has 0 atom stereocenters. The van der Waals surface area contributed by atoms with Crippen LogP contribution >= 0.6 is 0 Å². The van der Waals surface area contributed by atoms with E-state index in [9.17, 15) is 14.0 Å². The topological polar surface area (TPSA) is 70.0 Å². The van der Waals surface area contributed by atoms with Crippen LogP contribution in [-0.2, 0) is 11.3 Å². The smallest absolute Gasteiger partial charge is 0.272 e. The van der Waals surface area contributed by atoms with Crippen molar-refractivity contribution in [1.29, 1.82) is 0 Å². The molecule has 7 nitrogen and oxygen atoms in total. The molecule has 1 aliphatic rings. The molecule has 3 aromatic rings. The first kappa shape index (κ1) is 19.1. The Bertz CT molecular complexity index is 994. The summed E-state index contributed by atoms with van der Waals surface area (Å²) in [6.45, 7) is 2.90. The zero-order valence-electron chi connectivity index (χ0n) is 15.9. The molecule has 1 saturated heterocycles. The van der Waals surface area contributed by atoms with Crippen molar-refractivity contribution in [3.63, 3.8) is 0 Å². The molecule has 0 unspecified atom stereocenters. The zero-order valence-corrected chi connectivity index (χ0v) is 15.9. The molecular weight excluding hydrogens is 373 g/mol. The number of carbonyl (C=O) groups is 2. The first-order chi connectivity index (χ1) is 14.1. The van der Waals surface area contributed by atoms with Gasteiger partial charge in [0.1, 0.15) is 5.82 Å². The maximum absolute atomic E-state index is 13.8. The predicted octanol–water partition coefficient (Wildman–Crippen LogP) is 1.55. The molecule has 1 aliphatic heterocycles. The van der Waals surface area contributed by atoms with Gasteiger partial charge in [0.15, 0.2) is 5.69 Å². The van der Waals surface area contributed by atoms with Crippen molar-refractivity contribution >= 4 is 17.3 Å². The van der Waals surface area contributed by atoms with Crippen LogP contribution in [-0.4, -0.2) is 64.0 Å². The van der Waals surface area contributed by atoms with Crippen molar-refractivity contribution in [2.75, 3.05) is 32.7 Å². The number of nitrogens with zero attached hydrogens (tertiary/aromatic N) is 4. The second kappa shape index (κ2) is 8.40. The summed E-state index contributed by atoms with van der Waals surface area (Å²) in [6.07, 6.45) is 1.76. The van der Waals surface area contributed by atoms with Gasteiger partial charge in [-0.05, 0) is 24.3 Å². The summed E-state index contributed by atoms with van der Waals surface area (Å²) in [4.78, 5) is 28.6. The molecule has 2 amide bonds. The summed E-state index contributed by atoms with van der Waals surface area (Å²) in [5.74, 6) is -0.714. The van der Waals surface area contributed by atoms with Crippen LogP contribution in [0, 0.1) is 5.82 Å². The number of halogens is 1. The lowest BCUT2D eigenvalue weighted by Gasteiger charge is -2.34. The van der Waals surface area contributed by atoms with Crippen LogP contribution in [0.15, 0.2) is 54.7 Å². The van der Waals surface area contributed by atoms with Crippen molar-refractivity contribution in [2.24, 2.45) is 0 Å². The molecule has 2 aromatic heterocycles. The number of piperazine rings is 1. The number of fused-ring (bicyclic) bond motifs is 1. The number of hydrogen-bond acceptors (Lipinski definition) is 4. The number of amides is 2. The quantitative estimate of drug-likeness (QED) is 0.712. The number of hydrogen-bond donors (Lipinski definition) is 1. The zero-order chi connectivity index (χ0) is 20.2. The number of nitrogens with one attached hydrogen (secondary N) is 1. The summed E-state index contributed by atoms with van der Waals surface area (Å²) in [5.41, 5.74) is 1.75. The molecule has 0 bridgehead atoms. The Labute approximate surface area is 167 Å². The molecule has 4 rings (SSSR count). The Morgan fingerprint density at radius 2 is 1.79 bits per heavy atom. The normalized spacial score (nSPS) is 14.9. The fraction of sp³-hybridized carbons (Fsp3) is 0.286. The Hall–Kier alpha value is -3.26.